The fraction of sp³-hybridized carbons (Fsp3) is 0.895. The van der Waals surface area contributed by atoms with Crippen LogP contribution in [0.5, 0.6) is 0 Å². The van der Waals surface area contributed by atoms with Gasteiger partial charge in [-0.2, -0.15) is 0 Å². The molecule has 0 aromatic rings. The molecule has 0 amide bonds. The third kappa shape index (κ3) is 4.65. The molecule has 4 unspecified atom stereocenters. The van der Waals surface area contributed by atoms with Crippen molar-refractivity contribution in [2.24, 2.45) is 62.1 Å². The first-order valence-corrected chi connectivity index (χ1v) is 17.4. The molecule has 42 heavy (non-hydrogen) atoms. The summed E-state index contributed by atoms with van der Waals surface area (Å²) in [7, 11) is 0. The van der Waals surface area contributed by atoms with Gasteiger partial charge in [0, 0.05) is 5.41 Å². The minimum absolute atomic E-state index is 0.0236. The van der Waals surface area contributed by atoms with Gasteiger partial charge in [-0.05, 0) is 128 Å². The lowest BCUT2D eigenvalue weighted by Crippen LogP contribution is -2.66. The second-order valence-corrected chi connectivity index (χ2v) is 18.2. The summed E-state index contributed by atoms with van der Waals surface area (Å²) >= 11 is 0. The molecule has 0 radical (unpaired) electrons. The average molecular weight is 583 g/mol. The molecule has 0 spiro atoms. The minimum Gasteiger partial charge on any atom is -0.481 e. The Hall–Kier alpha value is -1.32. The zero-order valence-corrected chi connectivity index (χ0v) is 28.5. The zero-order chi connectivity index (χ0) is 31.1. The van der Waals surface area contributed by atoms with Gasteiger partial charge in [0.25, 0.3) is 0 Å². The molecule has 0 saturated heterocycles. The summed E-state index contributed by atoms with van der Waals surface area (Å²) in [4.78, 5) is 24.4. The predicted molar refractivity (Wildman–Crippen MR) is 170 cm³/mol. The fourth-order valence-electron chi connectivity index (χ4n) is 13.1. The highest BCUT2D eigenvalue weighted by molar-refractivity contribution is 5.73. The summed E-state index contributed by atoms with van der Waals surface area (Å²) in [5, 5.41) is 9.28. The molecule has 4 nitrogen and oxygen atoms in total. The lowest BCUT2D eigenvalue weighted by molar-refractivity contribution is -0.250. The third-order valence-corrected chi connectivity index (χ3v) is 15.4. The van der Waals surface area contributed by atoms with E-state index < -0.39 is 11.4 Å². The molecule has 5 saturated carbocycles. The van der Waals surface area contributed by atoms with Gasteiger partial charge < -0.3 is 9.84 Å². The number of aliphatic carboxylic acids is 1. The molecule has 0 aromatic carbocycles. The predicted octanol–water partition coefficient (Wildman–Crippen LogP) is 9.86. The van der Waals surface area contributed by atoms with Crippen molar-refractivity contribution in [1.29, 1.82) is 0 Å². The maximum Gasteiger partial charge on any atom is 0.306 e. The van der Waals surface area contributed by atoms with Gasteiger partial charge in [0.05, 0.1) is 12.8 Å². The number of fused-ring (bicyclic) bond motifs is 7. The van der Waals surface area contributed by atoms with E-state index in [2.05, 4.69) is 55.0 Å². The molecule has 1 N–H and O–H groups in total. The van der Waals surface area contributed by atoms with Crippen LogP contribution in [-0.4, -0.2) is 23.1 Å². The number of rotatable bonds is 7. The van der Waals surface area contributed by atoms with E-state index in [1.807, 2.05) is 13.8 Å². The third-order valence-electron chi connectivity index (χ3n) is 15.4. The molecular formula is C38H62O4. The minimum atomic E-state index is -0.864. The van der Waals surface area contributed by atoms with Crippen LogP contribution in [0.25, 0.3) is 0 Å². The highest BCUT2D eigenvalue weighted by Gasteiger charge is 2.70. The molecule has 5 rings (SSSR count). The van der Waals surface area contributed by atoms with Crippen molar-refractivity contribution in [3.8, 4) is 0 Å². The Morgan fingerprint density at radius 3 is 2.17 bits per heavy atom. The van der Waals surface area contributed by atoms with Crippen LogP contribution >= 0.6 is 0 Å². The Labute approximate surface area is 257 Å². The van der Waals surface area contributed by atoms with E-state index in [0.29, 0.717) is 34.0 Å². The first-order valence-electron chi connectivity index (χ1n) is 17.4. The number of hydrogen-bond donors (Lipinski definition) is 1. The quantitative estimate of drug-likeness (QED) is 0.240. The summed E-state index contributed by atoms with van der Waals surface area (Å²) in [6.07, 6.45) is 14.1. The summed E-state index contributed by atoms with van der Waals surface area (Å²) in [5.41, 5.74) is 2.22. The number of carbonyl (C=O) groups excluding carboxylic acids is 1. The van der Waals surface area contributed by atoms with Gasteiger partial charge in [0.1, 0.15) is 6.10 Å². The number of ether oxygens (including phenoxy) is 1. The van der Waals surface area contributed by atoms with Crippen LogP contribution in [0.1, 0.15) is 146 Å². The van der Waals surface area contributed by atoms with Crippen LogP contribution in [0, 0.1) is 62.1 Å². The molecule has 5 aliphatic carbocycles. The van der Waals surface area contributed by atoms with E-state index >= 15 is 0 Å². The highest BCUT2D eigenvalue weighted by Crippen LogP contribution is 2.78. The molecule has 0 aromatic heterocycles. The Morgan fingerprint density at radius 2 is 1.55 bits per heavy atom. The van der Waals surface area contributed by atoms with Crippen LogP contribution < -0.4 is 0 Å². The maximum atomic E-state index is 13.1. The Bertz CT molecular complexity index is 1100. The maximum absolute atomic E-state index is 13.1. The first kappa shape index (κ1) is 32.1. The lowest BCUT2D eigenvalue weighted by atomic mass is 9.32. The zero-order valence-electron chi connectivity index (χ0n) is 28.5. The summed E-state index contributed by atoms with van der Waals surface area (Å²) < 4.78 is 6.25. The molecule has 0 heterocycles. The van der Waals surface area contributed by atoms with Crippen LogP contribution in [0.2, 0.25) is 0 Å². The fourth-order valence-corrected chi connectivity index (χ4v) is 13.1. The molecule has 0 aliphatic heterocycles. The van der Waals surface area contributed by atoms with E-state index in [4.69, 9.17) is 4.74 Å². The van der Waals surface area contributed by atoms with E-state index in [0.717, 1.165) is 24.7 Å². The van der Waals surface area contributed by atoms with Crippen molar-refractivity contribution in [3.63, 3.8) is 0 Å². The second-order valence-electron chi connectivity index (χ2n) is 18.2. The molecule has 5 aliphatic rings. The SMILES string of the molecule is C=C(C)C1CC[C@]2(CC)CC[C@]3(C)[C@H](CCC4[C@@]5(C)CC[C@H](OC(=O)CC(C)(C)CC(=O)O)C(C)(C)C5CC[C@]43C)C12. The molecule has 5 fully saturated rings. The topological polar surface area (TPSA) is 63.6 Å². The van der Waals surface area contributed by atoms with Crippen molar-refractivity contribution >= 4 is 11.9 Å². The van der Waals surface area contributed by atoms with Crippen molar-refractivity contribution in [2.45, 2.75) is 152 Å². The molecule has 0 bridgehead atoms. The van der Waals surface area contributed by atoms with E-state index in [-0.39, 0.29) is 35.7 Å². The summed E-state index contributed by atoms with van der Waals surface area (Å²) in [6.45, 7) is 25.8. The van der Waals surface area contributed by atoms with Gasteiger partial charge >= 0.3 is 11.9 Å². The van der Waals surface area contributed by atoms with Gasteiger partial charge in [-0.25, -0.2) is 0 Å². The van der Waals surface area contributed by atoms with Gasteiger partial charge in [-0.3, -0.25) is 9.59 Å². The Morgan fingerprint density at radius 1 is 0.857 bits per heavy atom. The van der Waals surface area contributed by atoms with Crippen LogP contribution in [0.4, 0.5) is 0 Å². The van der Waals surface area contributed by atoms with Crippen LogP contribution in [0.3, 0.4) is 0 Å². The van der Waals surface area contributed by atoms with Crippen molar-refractivity contribution in [2.75, 3.05) is 0 Å². The molecule has 4 heteroatoms. The van der Waals surface area contributed by atoms with Crippen molar-refractivity contribution < 1.29 is 19.4 Å². The van der Waals surface area contributed by atoms with Crippen molar-refractivity contribution in [1.82, 2.24) is 0 Å². The van der Waals surface area contributed by atoms with Gasteiger partial charge in [0.2, 0.25) is 0 Å². The van der Waals surface area contributed by atoms with E-state index in [1.165, 1.54) is 63.4 Å². The first-order chi connectivity index (χ1) is 19.4. The molecule has 238 valence electrons. The van der Waals surface area contributed by atoms with Crippen LogP contribution in [0.15, 0.2) is 12.2 Å². The second kappa shape index (κ2) is 10.4. The Balaban J connectivity index is 1.39. The van der Waals surface area contributed by atoms with Crippen LogP contribution in [-0.2, 0) is 14.3 Å². The monoisotopic (exact) mass is 582 g/mol. The van der Waals surface area contributed by atoms with Gasteiger partial charge in [0.15, 0.2) is 0 Å². The lowest BCUT2D eigenvalue weighted by Gasteiger charge is -2.73. The summed E-state index contributed by atoms with van der Waals surface area (Å²) in [5.74, 6) is 2.43. The van der Waals surface area contributed by atoms with E-state index in [9.17, 15) is 14.7 Å². The number of carbonyl (C=O) groups is 2. The number of esters is 1. The highest BCUT2D eigenvalue weighted by atomic mass is 16.5. The summed E-state index contributed by atoms with van der Waals surface area (Å²) in [6, 6.07) is 0. The number of hydrogen-bond acceptors (Lipinski definition) is 3. The number of carboxylic acids is 1. The van der Waals surface area contributed by atoms with Crippen molar-refractivity contribution in [3.05, 3.63) is 12.2 Å². The standard InChI is InChI=1S/C38H62O4/c1-11-38-19-14-25(24(2)3)32(38)26-12-13-28-35(8)17-16-29(42-31(41)23-33(4,5)22-30(39)40)34(6,7)27(35)15-18-37(28,10)36(26,9)20-21-38/h25-29,32H,2,11-23H2,1,3-10H3,(H,39,40)/t25?,26-,27?,28?,29+,32?,35+,36-,37-,38-/m1/s1. The molecule has 10 atom stereocenters. The number of carboxylic acid groups (broad SMARTS) is 1. The smallest absolute Gasteiger partial charge is 0.306 e. The number of allylic oxidation sites excluding steroid dienone is 1. The Kier molecular flexibility index (Phi) is 7.92. The molecular weight excluding hydrogens is 520 g/mol. The average Bonchev–Trinajstić information content (AvgIpc) is 3.25. The van der Waals surface area contributed by atoms with Gasteiger partial charge in [-0.1, -0.05) is 74.0 Å². The van der Waals surface area contributed by atoms with Gasteiger partial charge in [-0.15, -0.1) is 0 Å². The van der Waals surface area contributed by atoms with E-state index in [1.54, 1.807) is 0 Å². The largest absolute Gasteiger partial charge is 0.481 e. The normalized spacial score (nSPS) is 46.0.